The molecule has 0 radical (unpaired) electrons. The first kappa shape index (κ1) is 19.5. The molecule has 1 aliphatic carbocycles. The second-order valence-electron chi connectivity index (χ2n) is 3.33. The van der Waals surface area contributed by atoms with E-state index in [-0.39, 0.29) is 0 Å². The Kier molecular flexibility index (Phi) is 18.1. The molecular formula is C13H33N. The van der Waals surface area contributed by atoms with Crippen LogP contribution in [0, 0.1) is 5.41 Å². The summed E-state index contributed by atoms with van der Waals surface area (Å²) in [5, 5.41) is 0. The standard InChI is InChI=1S/C7H15N.3C2H6/c1-3-7(2)4-6(8)5-7;3*1-2/h6H,3-5,8H2,1-2H3;3*1-2H3. The zero-order chi connectivity index (χ0) is 12.2. The number of rotatable bonds is 1. The van der Waals surface area contributed by atoms with E-state index in [9.17, 15) is 0 Å². The van der Waals surface area contributed by atoms with Gasteiger partial charge in [-0.15, -0.1) is 0 Å². The fraction of sp³-hybridized carbons (Fsp3) is 1.00. The van der Waals surface area contributed by atoms with Gasteiger partial charge in [-0.2, -0.15) is 0 Å². The van der Waals surface area contributed by atoms with Gasteiger partial charge in [-0.05, 0) is 18.3 Å². The van der Waals surface area contributed by atoms with Crippen LogP contribution in [0.15, 0.2) is 0 Å². The largest absolute Gasteiger partial charge is 0.328 e. The van der Waals surface area contributed by atoms with Crippen LogP contribution in [0.3, 0.4) is 0 Å². The molecule has 0 saturated heterocycles. The van der Waals surface area contributed by atoms with Gasteiger partial charge in [-0.3, -0.25) is 0 Å². The Morgan fingerprint density at radius 1 is 1.00 bits per heavy atom. The van der Waals surface area contributed by atoms with Gasteiger partial charge in [-0.1, -0.05) is 61.8 Å². The summed E-state index contributed by atoms with van der Waals surface area (Å²) in [5.41, 5.74) is 6.24. The topological polar surface area (TPSA) is 26.0 Å². The van der Waals surface area contributed by atoms with Crippen LogP contribution in [0.2, 0.25) is 0 Å². The number of nitrogens with two attached hydrogens (primary N) is 1. The summed E-state index contributed by atoms with van der Waals surface area (Å²) in [7, 11) is 0. The van der Waals surface area contributed by atoms with E-state index in [4.69, 9.17) is 5.73 Å². The molecular weight excluding hydrogens is 170 g/mol. The van der Waals surface area contributed by atoms with Crippen molar-refractivity contribution in [3.63, 3.8) is 0 Å². The molecule has 0 aliphatic heterocycles. The lowest BCUT2D eigenvalue weighted by Gasteiger charge is -2.42. The van der Waals surface area contributed by atoms with E-state index in [1.807, 2.05) is 41.5 Å². The molecule has 90 valence electrons. The van der Waals surface area contributed by atoms with E-state index in [1.54, 1.807) is 0 Å². The van der Waals surface area contributed by atoms with Crippen molar-refractivity contribution in [2.45, 2.75) is 80.7 Å². The third kappa shape index (κ3) is 8.55. The second kappa shape index (κ2) is 13.0. The van der Waals surface area contributed by atoms with Crippen LogP contribution in [0.5, 0.6) is 0 Å². The summed E-state index contributed by atoms with van der Waals surface area (Å²) in [5.74, 6) is 0. The van der Waals surface area contributed by atoms with E-state index >= 15 is 0 Å². The maximum Gasteiger partial charge on any atom is 0.00492 e. The Bertz CT molecular complexity index is 83.2. The van der Waals surface area contributed by atoms with Crippen molar-refractivity contribution in [3.05, 3.63) is 0 Å². The van der Waals surface area contributed by atoms with Crippen molar-refractivity contribution in [1.82, 2.24) is 0 Å². The summed E-state index contributed by atoms with van der Waals surface area (Å²) in [6.07, 6.45) is 3.77. The third-order valence-electron chi connectivity index (χ3n) is 2.36. The molecule has 0 amide bonds. The lowest BCUT2D eigenvalue weighted by Crippen LogP contribution is -2.43. The fourth-order valence-electron chi connectivity index (χ4n) is 1.49. The second-order valence-corrected chi connectivity index (χ2v) is 3.33. The summed E-state index contributed by atoms with van der Waals surface area (Å²) in [4.78, 5) is 0. The minimum Gasteiger partial charge on any atom is -0.328 e. The smallest absolute Gasteiger partial charge is 0.00492 e. The lowest BCUT2D eigenvalue weighted by molar-refractivity contribution is 0.123. The summed E-state index contributed by atoms with van der Waals surface area (Å²) >= 11 is 0. The third-order valence-corrected chi connectivity index (χ3v) is 2.36. The zero-order valence-corrected chi connectivity index (χ0v) is 11.8. The van der Waals surface area contributed by atoms with Gasteiger partial charge >= 0.3 is 0 Å². The first-order valence-electron chi connectivity index (χ1n) is 6.42. The van der Waals surface area contributed by atoms with Crippen molar-refractivity contribution in [2.75, 3.05) is 0 Å². The average Bonchev–Trinajstić information content (AvgIpc) is 2.25. The van der Waals surface area contributed by atoms with Crippen LogP contribution in [0.4, 0.5) is 0 Å². The Morgan fingerprint density at radius 3 is 1.36 bits per heavy atom. The van der Waals surface area contributed by atoms with Gasteiger partial charge in [-0.25, -0.2) is 0 Å². The van der Waals surface area contributed by atoms with Crippen molar-refractivity contribution in [2.24, 2.45) is 11.1 Å². The van der Waals surface area contributed by atoms with Crippen LogP contribution in [0.25, 0.3) is 0 Å². The van der Waals surface area contributed by atoms with Crippen molar-refractivity contribution in [3.8, 4) is 0 Å². The first-order valence-corrected chi connectivity index (χ1v) is 6.42. The fourth-order valence-corrected chi connectivity index (χ4v) is 1.49. The quantitative estimate of drug-likeness (QED) is 0.662. The Labute approximate surface area is 92.5 Å². The molecule has 1 fully saturated rings. The predicted molar refractivity (Wildman–Crippen MR) is 69.7 cm³/mol. The Morgan fingerprint density at radius 2 is 1.29 bits per heavy atom. The minimum absolute atomic E-state index is 0.514. The molecule has 0 atom stereocenters. The summed E-state index contributed by atoms with van der Waals surface area (Å²) < 4.78 is 0. The van der Waals surface area contributed by atoms with Gasteiger partial charge in [0.1, 0.15) is 0 Å². The normalized spacial score (nSPS) is 27.6. The summed E-state index contributed by atoms with van der Waals surface area (Å²) in [6.45, 7) is 16.6. The molecule has 1 heteroatoms. The van der Waals surface area contributed by atoms with Gasteiger partial charge in [0.05, 0.1) is 0 Å². The van der Waals surface area contributed by atoms with Gasteiger partial charge in [0, 0.05) is 6.04 Å². The van der Waals surface area contributed by atoms with Gasteiger partial charge in [0.25, 0.3) is 0 Å². The van der Waals surface area contributed by atoms with Gasteiger partial charge in [0.2, 0.25) is 0 Å². The molecule has 0 aromatic carbocycles. The molecule has 0 spiro atoms. The highest BCUT2D eigenvalue weighted by atomic mass is 14.7. The Hall–Kier alpha value is -0.0400. The van der Waals surface area contributed by atoms with Crippen LogP contribution >= 0.6 is 0 Å². The van der Waals surface area contributed by atoms with Crippen LogP contribution in [-0.4, -0.2) is 6.04 Å². The average molecular weight is 203 g/mol. The predicted octanol–water partition coefficient (Wildman–Crippen LogP) is 4.60. The van der Waals surface area contributed by atoms with Gasteiger partial charge < -0.3 is 5.73 Å². The maximum atomic E-state index is 5.63. The van der Waals surface area contributed by atoms with Crippen LogP contribution < -0.4 is 5.73 Å². The van der Waals surface area contributed by atoms with Gasteiger partial charge in [0.15, 0.2) is 0 Å². The molecule has 0 heterocycles. The molecule has 0 unspecified atom stereocenters. The Balaban J connectivity index is -0.000000174. The minimum atomic E-state index is 0.514. The molecule has 0 bridgehead atoms. The van der Waals surface area contributed by atoms with E-state index in [0.29, 0.717) is 11.5 Å². The highest BCUT2D eigenvalue weighted by Gasteiger charge is 2.35. The molecule has 0 aromatic rings. The SMILES string of the molecule is CC.CC.CC.CCC1(C)CC(N)C1. The highest BCUT2D eigenvalue weighted by Crippen LogP contribution is 2.41. The maximum absolute atomic E-state index is 5.63. The highest BCUT2D eigenvalue weighted by molar-refractivity contribution is 4.91. The van der Waals surface area contributed by atoms with E-state index in [1.165, 1.54) is 19.3 Å². The molecule has 1 nitrogen and oxygen atoms in total. The van der Waals surface area contributed by atoms with Crippen molar-refractivity contribution < 1.29 is 0 Å². The van der Waals surface area contributed by atoms with Crippen LogP contribution in [0.1, 0.15) is 74.7 Å². The lowest BCUT2D eigenvalue weighted by atomic mass is 9.66. The van der Waals surface area contributed by atoms with Crippen LogP contribution in [-0.2, 0) is 0 Å². The molecule has 1 rings (SSSR count). The van der Waals surface area contributed by atoms with E-state index in [0.717, 1.165) is 0 Å². The monoisotopic (exact) mass is 203 g/mol. The van der Waals surface area contributed by atoms with Crippen molar-refractivity contribution in [1.29, 1.82) is 0 Å². The molecule has 14 heavy (non-hydrogen) atoms. The molecule has 2 N–H and O–H groups in total. The van der Waals surface area contributed by atoms with E-state index in [2.05, 4.69) is 13.8 Å². The summed E-state index contributed by atoms with van der Waals surface area (Å²) in [6, 6.07) is 0.514. The number of hydrogen-bond donors (Lipinski definition) is 1. The molecule has 1 saturated carbocycles. The zero-order valence-electron chi connectivity index (χ0n) is 11.8. The van der Waals surface area contributed by atoms with Crippen molar-refractivity contribution >= 4 is 0 Å². The molecule has 1 aliphatic rings. The molecule has 0 aromatic heterocycles. The first-order chi connectivity index (χ1) is 6.66. The van der Waals surface area contributed by atoms with E-state index < -0.39 is 0 Å². The number of hydrogen-bond acceptors (Lipinski definition) is 1.